The first-order chi connectivity index (χ1) is 11.6. The molecule has 0 bridgehead atoms. The zero-order valence-corrected chi connectivity index (χ0v) is 13.7. The number of nitrogens with one attached hydrogen (secondary N) is 1. The Hall–Kier alpha value is -1.74. The van der Waals surface area contributed by atoms with Crippen molar-refractivity contribution in [3.05, 3.63) is 34.4 Å². The third kappa shape index (κ3) is 6.79. The van der Waals surface area contributed by atoms with Crippen LogP contribution in [0.5, 0.6) is 5.75 Å². The van der Waals surface area contributed by atoms with E-state index in [-0.39, 0.29) is 12.3 Å². The van der Waals surface area contributed by atoms with Crippen LogP contribution in [0.1, 0.15) is 6.42 Å². The summed E-state index contributed by atoms with van der Waals surface area (Å²) in [6.45, 7) is 5.96. The van der Waals surface area contributed by atoms with Gasteiger partial charge in [0, 0.05) is 25.7 Å². The van der Waals surface area contributed by atoms with Crippen LogP contribution in [0.3, 0.4) is 0 Å². The van der Waals surface area contributed by atoms with Gasteiger partial charge >= 0.3 is 0 Å². The maximum Gasteiger partial charge on any atom is 0.273 e. The number of hydrogen-bond acceptors (Lipinski definition) is 7. The van der Waals surface area contributed by atoms with E-state index >= 15 is 0 Å². The van der Waals surface area contributed by atoms with Gasteiger partial charge in [-0.05, 0) is 25.6 Å². The van der Waals surface area contributed by atoms with Crippen LogP contribution < -0.4 is 10.1 Å². The van der Waals surface area contributed by atoms with Crippen molar-refractivity contribution in [3.8, 4) is 5.75 Å². The Morgan fingerprint density at radius 2 is 2.21 bits per heavy atom. The van der Waals surface area contributed by atoms with Gasteiger partial charge in [0.2, 0.25) is 0 Å². The standard InChI is InChI=1S/C16H25N3O5/c20-15(12-17-5-2-6-18-7-9-23-10-8-18)13-24-16-4-1-3-14(11-16)19(21)22/h1,3-4,11,15,17,20H,2,5-10,12-13H2/t15-/m1/s1. The zero-order valence-electron chi connectivity index (χ0n) is 13.7. The van der Waals surface area contributed by atoms with Gasteiger partial charge in [0.25, 0.3) is 5.69 Å². The predicted octanol–water partition coefficient (Wildman–Crippen LogP) is 0.646. The van der Waals surface area contributed by atoms with E-state index in [4.69, 9.17) is 9.47 Å². The van der Waals surface area contributed by atoms with Crippen molar-refractivity contribution in [1.82, 2.24) is 10.2 Å². The van der Waals surface area contributed by atoms with Crippen LogP contribution in [0.4, 0.5) is 5.69 Å². The molecule has 1 aromatic rings. The van der Waals surface area contributed by atoms with Crippen molar-refractivity contribution in [2.45, 2.75) is 12.5 Å². The van der Waals surface area contributed by atoms with Crippen LogP contribution in [0.2, 0.25) is 0 Å². The third-order valence-electron chi connectivity index (χ3n) is 3.78. The van der Waals surface area contributed by atoms with Gasteiger partial charge in [-0.3, -0.25) is 15.0 Å². The van der Waals surface area contributed by atoms with Gasteiger partial charge in [-0.25, -0.2) is 0 Å². The number of nitrogens with zero attached hydrogens (tertiary/aromatic N) is 2. The van der Waals surface area contributed by atoms with E-state index in [2.05, 4.69) is 10.2 Å². The van der Waals surface area contributed by atoms with Crippen molar-refractivity contribution < 1.29 is 19.5 Å². The minimum Gasteiger partial charge on any atom is -0.491 e. The van der Waals surface area contributed by atoms with Gasteiger partial charge in [-0.15, -0.1) is 0 Å². The molecule has 0 aromatic heterocycles. The maximum absolute atomic E-state index is 10.7. The number of nitro benzene ring substituents is 1. The molecule has 0 spiro atoms. The van der Waals surface area contributed by atoms with Crippen molar-refractivity contribution in [1.29, 1.82) is 0 Å². The highest BCUT2D eigenvalue weighted by atomic mass is 16.6. The van der Waals surface area contributed by atoms with Gasteiger partial charge in [0.05, 0.1) is 24.2 Å². The van der Waals surface area contributed by atoms with Crippen LogP contribution in [0, 0.1) is 10.1 Å². The molecule has 2 N–H and O–H groups in total. The maximum atomic E-state index is 10.7. The van der Waals surface area contributed by atoms with Crippen molar-refractivity contribution in [2.75, 3.05) is 52.5 Å². The SMILES string of the molecule is O=[N+]([O-])c1cccc(OC[C@H](O)CNCCCN2CCOCC2)c1. The second-order valence-electron chi connectivity index (χ2n) is 5.73. The smallest absolute Gasteiger partial charge is 0.273 e. The number of non-ortho nitro benzene ring substituents is 1. The van der Waals surface area contributed by atoms with E-state index in [9.17, 15) is 15.2 Å². The molecule has 8 heteroatoms. The van der Waals surface area contributed by atoms with E-state index < -0.39 is 11.0 Å². The first-order valence-electron chi connectivity index (χ1n) is 8.21. The lowest BCUT2D eigenvalue weighted by Gasteiger charge is -2.26. The van der Waals surface area contributed by atoms with E-state index in [1.165, 1.54) is 12.1 Å². The monoisotopic (exact) mass is 339 g/mol. The number of nitro groups is 1. The topological polar surface area (TPSA) is 97.1 Å². The molecule has 1 aromatic carbocycles. The minimum atomic E-state index is -0.660. The molecule has 0 radical (unpaired) electrons. The quantitative estimate of drug-likeness (QED) is 0.367. The summed E-state index contributed by atoms with van der Waals surface area (Å²) < 4.78 is 10.7. The average molecular weight is 339 g/mol. The molecule has 8 nitrogen and oxygen atoms in total. The fourth-order valence-electron chi connectivity index (χ4n) is 2.46. The average Bonchev–Trinajstić information content (AvgIpc) is 2.61. The van der Waals surface area contributed by atoms with Gasteiger partial charge in [-0.2, -0.15) is 0 Å². The molecular formula is C16H25N3O5. The van der Waals surface area contributed by atoms with Gasteiger partial charge in [0.15, 0.2) is 0 Å². The summed E-state index contributed by atoms with van der Waals surface area (Å²) >= 11 is 0. The lowest BCUT2D eigenvalue weighted by molar-refractivity contribution is -0.384. The third-order valence-corrected chi connectivity index (χ3v) is 3.78. The van der Waals surface area contributed by atoms with Crippen LogP contribution in [-0.4, -0.2) is 73.6 Å². The Bertz CT molecular complexity index is 508. The lowest BCUT2D eigenvalue weighted by atomic mass is 10.3. The van der Waals surface area contributed by atoms with Gasteiger partial charge in [-0.1, -0.05) is 6.07 Å². The molecule has 1 heterocycles. The first-order valence-corrected chi connectivity index (χ1v) is 8.21. The molecule has 0 amide bonds. The predicted molar refractivity (Wildman–Crippen MR) is 89.3 cm³/mol. The Labute approximate surface area is 141 Å². The van der Waals surface area contributed by atoms with Crippen molar-refractivity contribution >= 4 is 5.69 Å². The molecule has 0 aliphatic carbocycles. The number of hydrogen-bond donors (Lipinski definition) is 2. The normalized spacial score (nSPS) is 16.7. The summed E-state index contributed by atoms with van der Waals surface area (Å²) in [6, 6.07) is 5.95. The number of morpholine rings is 1. The Kier molecular flexibility index (Phi) is 7.90. The Morgan fingerprint density at radius 3 is 2.96 bits per heavy atom. The summed E-state index contributed by atoms with van der Waals surface area (Å²) in [5, 5.41) is 23.8. The molecule has 24 heavy (non-hydrogen) atoms. The molecule has 1 fully saturated rings. The summed E-state index contributed by atoms with van der Waals surface area (Å²) in [7, 11) is 0. The molecule has 2 rings (SSSR count). The number of ether oxygens (including phenoxy) is 2. The van der Waals surface area contributed by atoms with Crippen LogP contribution >= 0.6 is 0 Å². The molecule has 1 aliphatic rings. The number of aliphatic hydroxyl groups excluding tert-OH is 1. The molecule has 1 atom stereocenters. The minimum absolute atomic E-state index is 0.0248. The van der Waals surface area contributed by atoms with Crippen molar-refractivity contribution in [2.24, 2.45) is 0 Å². The molecule has 0 saturated carbocycles. The van der Waals surface area contributed by atoms with E-state index in [0.717, 1.165) is 45.8 Å². The Balaban J connectivity index is 1.55. The van der Waals surface area contributed by atoms with E-state index in [0.29, 0.717) is 12.3 Å². The lowest BCUT2D eigenvalue weighted by Crippen LogP contribution is -2.38. The summed E-state index contributed by atoms with van der Waals surface area (Å²) in [4.78, 5) is 12.6. The van der Waals surface area contributed by atoms with Gasteiger partial charge < -0.3 is 19.9 Å². The number of benzene rings is 1. The second-order valence-corrected chi connectivity index (χ2v) is 5.73. The number of rotatable bonds is 10. The molecule has 0 unspecified atom stereocenters. The fraction of sp³-hybridized carbons (Fsp3) is 0.625. The van der Waals surface area contributed by atoms with Gasteiger partial charge in [0.1, 0.15) is 18.5 Å². The first kappa shape index (κ1) is 18.6. The van der Waals surface area contributed by atoms with E-state index in [1.54, 1.807) is 12.1 Å². The molecular weight excluding hydrogens is 314 g/mol. The Morgan fingerprint density at radius 1 is 1.42 bits per heavy atom. The second kappa shape index (κ2) is 10.2. The summed E-state index contributed by atoms with van der Waals surface area (Å²) in [6.07, 6.45) is 0.353. The highest BCUT2D eigenvalue weighted by Crippen LogP contribution is 2.19. The molecule has 1 saturated heterocycles. The summed E-state index contributed by atoms with van der Waals surface area (Å²) in [5.74, 6) is 0.385. The fourth-order valence-corrected chi connectivity index (χ4v) is 2.46. The highest BCUT2D eigenvalue weighted by molar-refractivity contribution is 5.37. The highest BCUT2D eigenvalue weighted by Gasteiger charge is 2.10. The zero-order chi connectivity index (χ0) is 17.2. The molecule has 134 valence electrons. The van der Waals surface area contributed by atoms with Crippen LogP contribution in [0.15, 0.2) is 24.3 Å². The largest absolute Gasteiger partial charge is 0.491 e. The van der Waals surface area contributed by atoms with E-state index in [1.807, 2.05) is 0 Å². The molecule has 1 aliphatic heterocycles. The summed E-state index contributed by atoms with van der Waals surface area (Å²) in [5.41, 5.74) is -0.0248. The van der Waals surface area contributed by atoms with Crippen LogP contribution in [0.25, 0.3) is 0 Å². The van der Waals surface area contributed by atoms with Crippen LogP contribution in [-0.2, 0) is 4.74 Å². The number of aliphatic hydroxyl groups is 1. The van der Waals surface area contributed by atoms with Crippen molar-refractivity contribution in [3.63, 3.8) is 0 Å².